The number of rotatable bonds is 5. The van der Waals surface area contributed by atoms with E-state index >= 15 is 0 Å². The van der Waals surface area contributed by atoms with Gasteiger partial charge in [-0.05, 0) is 47.1 Å². The molecular formula is C13H27N3O. The van der Waals surface area contributed by atoms with Crippen molar-refractivity contribution in [1.82, 2.24) is 10.2 Å². The maximum absolute atomic E-state index is 11.8. The highest BCUT2D eigenvalue weighted by Crippen LogP contribution is 2.30. The Morgan fingerprint density at radius 3 is 2.53 bits per heavy atom. The second-order valence-corrected chi connectivity index (χ2v) is 5.93. The molecule has 0 saturated carbocycles. The Labute approximate surface area is 105 Å². The molecule has 0 aromatic carbocycles. The predicted molar refractivity (Wildman–Crippen MR) is 70.8 cm³/mol. The Hall–Kier alpha value is -0.610. The number of nitrogens with one attached hydrogen (secondary N) is 1. The van der Waals surface area contributed by atoms with Crippen LogP contribution in [0.2, 0.25) is 0 Å². The first kappa shape index (κ1) is 14.5. The molecule has 1 fully saturated rings. The lowest BCUT2D eigenvalue weighted by molar-refractivity contribution is -0.123. The molecule has 1 aliphatic rings. The summed E-state index contributed by atoms with van der Waals surface area (Å²) in [5, 5.41) is 2.94. The largest absolute Gasteiger partial charge is 0.354 e. The molecule has 1 saturated heterocycles. The van der Waals surface area contributed by atoms with Crippen molar-refractivity contribution in [3.8, 4) is 0 Å². The van der Waals surface area contributed by atoms with E-state index in [1.807, 2.05) is 13.8 Å². The third-order valence-electron chi connectivity index (χ3n) is 3.55. The lowest BCUT2D eigenvalue weighted by Gasteiger charge is -2.37. The fourth-order valence-electron chi connectivity index (χ4n) is 2.72. The molecule has 1 heterocycles. The second-order valence-electron chi connectivity index (χ2n) is 5.93. The minimum Gasteiger partial charge on any atom is -0.354 e. The van der Waals surface area contributed by atoms with Crippen LogP contribution >= 0.6 is 0 Å². The Bertz CT molecular complexity index is 263. The zero-order valence-electron chi connectivity index (χ0n) is 11.6. The third-order valence-corrected chi connectivity index (χ3v) is 3.55. The summed E-state index contributed by atoms with van der Waals surface area (Å²) >= 11 is 0. The van der Waals surface area contributed by atoms with Gasteiger partial charge in [0.1, 0.15) is 0 Å². The van der Waals surface area contributed by atoms with Gasteiger partial charge in [0, 0.05) is 30.6 Å². The first-order valence-electron chi connectivity index (χ1n) is 6.63. The van der Waals surface area contributed by atoms with Crippen LogP contribution in [0.4, 0.5) is 0 Å². The molecule has 0 spiro atoms. The number of nitrogens with two attached hydrogens (primary N) is 1. The molecule has 1 aliphatic heterocycles. The molecule has 3 N–H and O–H groups in total. The maximum Gasteiger partial charge on any atom is 0.221 e. The van der Waals surface area contributed by atoms with Crippen molar-refractivity contribution in [2.24, 2.45) is 5.73 Å². The topological polar surface area (TPSA) is 58.4 Å². The normalized spacial score (nSPS) is 21.8. The number of hydrogen-bond acceptors (Lipinski definition) is 3. The smallest absolute Gasteiger partial charge is 0.221 e. The molecule has 1 amide bonds. The van der Waals surface area contributed by atoms with Crippen LogP contribution in [0.3, 0.4) is 0 Å². The van der Waals surface area contributed by atoms with Crippen LogP contribution < -0.4 is 11.1 Å². The summed E-state index contributed by atoms with van der Waals surface area (Å²) in [5.74, 6) is 0.109. The van der Waals surface area contributed by atoms with Crippen LogP contribution in [-0.2, 0) is 4.79 Å². The second kappa shape index (κ2) is 5.83. The predicted octanol–water partition coefficient (Wildman–Crippen LogP) is 1.10. The Morgan fingerprint density at radius 2 is 2.12 bits per heavy atom. The van der Waals surface area contributed by atoms with Gasteiger partial charge in [-0.1, -0.05) is 0 Å². The number of carbonyl (C=O) groups is 1. The van der Waals surface area contributed by atoms with Gasteiger partial charge in [0.05, 0.1) is 0 Å². The molecule has 1 rings (SSSR count). The molecule has 17 heavy (non-hydrogen) atoms. The van der Waals surface area contributed by atoms with Crippen molar-refractivity contribution in [3.05, 3.63) is 0 Å². The number of hydrogen-bond donors (Lipinski definition) is 2. The lowest BCUT2D eigenvalue weighted by Crippen LogP contribution is -2.50. The van der Waals surface area contributed by atoms with Crippen LogP contribution in [0.5, 0.6) is 0 Å². The minimum atomic E-state index is 0.109. The van der Waals surface area contributed by atoms with E-state index in [0.29, 0.717) is 13.0 Å². The van der Waals surface area contributed by atoms with E-state index in [0.717, 1.165) is 6.54 Å². The number of likely N-dealkylation sites (tertiary alicyclic amines) is 1. The molecule has 0 aromatic heterocycles. The van der Waals surface area contributed by atoms with E-state index < -0.39 is 0 Å². The van der Waals surface area contributed by atoms with E-state index in [-0.39, 0.29) is 23.5 Å². The van der Waals surface area contributed by atoms with E-state index in [1.54, 1.807) is 0 Å². The van der Waals surface area contributed by atoms with Crippen LogP contribution in [0.1, 0.15) is 47.0 Å². The van der Waals surface area contributed by atoms with Crippen molar-refractivity contribution in [2.75, 3.05) is 13.1 Å². The molecule has 0 radical (unpaired) electrons. The van der Waals surface area contributed by atoms with Gasteiger partial charge in [0.25, 0.3) is 0 Å². The summed E-state index contributed by atoms with van der Waals surface area (Å²) in [6.07, 6.45) is 2.91. The van der Waals surface area contributed by atoms with Crippen LogP contribution in [0.15, 0.2) is 0 Å². The van der Waals surface area contributed by atoms with Crippen molar-refractivity contribution in [1.29, 1.82) is 0 Å². The highest BCUT2D eigenvalue weighted by atomic mass is 16.1. The van der Waals surface area contributed by atoms with Gasteiger partial charge in [-0.25, -0.2) is 0 Å². The van der Waals surface area contributed by atoms with Gasteiger partial charge in [0.2, 0.25) is 5.91 Å². The first-order valence-corrected chi connectivity index (χ1v) is 6.63. The van der Waals surface area contributed by atoms with Crippen LogP contribution in [0, 0.1) is 0 Å². The van der Waals surface area contributed by atoms with E-state index in [2.05, 4.69) is 24.1 Å². The molecular weight excluding hydrogens is 214 g/mol. The summed E-state index contributed by atoms with van der Waals surface area (Å²) in [4.78, 5) is 14.2. The molecule has 1 atom stereocenters. The number of carbonyl (C=O) groups excluding carboxylic acids is 1. The molecule has 4 heteroatoms. The van der Waals surface area contributed by atoms with Crippen molar-refractivity contribution in [2.45, 2.75) is 64.6 Å². The Balaban J connectivity index is 2.56. The highest BCUT2D eigenvalue weighted by Gasteiger charge is 2.36. The van der Waals surface area contributed by atoms with Gasteiger partial charge in [-0.2, -0.15) is 0 Å². The monoisotopic (exact) mass is 241 g/mol. The summed E-state index contributed by atoms with van der Waals surface area (Å²) < 4.78 is 0. The Morgan fingerprint density at radius 1 is 1.47 bits per heavy atom. The van der Waals surface area contributed by atoms with E-state index in [1.165, 1.54) is 12.8 Å². The fraction of sp³-hybridized carbons (Fsp3) is 0.923. The molecule has 4 nitrogen and oxygen atoms in total. The van der Waals surface area contributed by atoms with Gasteiger partial charge >= 0.3 is 0 Å². The zero-order valence-corrected chi connectivity index (χ0v) is 11.6. The minimum absolute atomic E-state index is 0.109. The molecule has 100 valence electrons. The molecule has 1 unspecified atom stereocenters. The third kappa shape index (κ3) is 3.96. The van der Waals surface area contributed by atoms with Gasteiger partial charge in [-0.3, -0.25) is 9.69 Å². The summed E-state index contributed by atoms with van der Waals surface area (Å²) in [6.45, 7) is 10.1. The van der Waals surface area contributed by atoms with Gasteiger partial charge in [0.15, 0.2) is 0 Å². The zero-order chi connectivity index (χ0) is 13.1. The Kier molecular flexibility index (Phi) is 4.95. The average Bonchev–Trinajstić information content (AvgIpc) is 2.53. The molecule has 0 bridgehead atoms. The summed E-state index contributed by atoms with van der Waals surface area (Å²) in [7, 11) is 0. The number of nitrogens with zero attached hydrogens (tertiary/aromatic N) is 1. The van der Waals surface area contributed by atoms with Crippen LogP contribution in [0.25, 0.3) is 0 Å². The average molecular weight is 241 g/mol. The summed E-state index contributed by atoms with van der Waals surface area (Å²) in [6, 6.07) is 0.374. The van der Waals surface area contributed by atoms with E-state index in [9.17, 15) is 4.79 Å². The van der Waals surface area contributed by atoms with Crippen molar-refractivity contribution < 1.29 is 4.79 Å². The van der Waals surface area contributed by atoms with E-state index in [4.69, 9.17) is 5.73 Å². The number of amides is 1. The summed E-state index contributed by atoms with van der Waals surface area (Å²) in [5.41, 5.74) is 6.01. The standard InChI is InChI=1S/C13H27N3O/c1-10(2)15-12(17)8-11(9-14)16-7-5-6-13(16,3)4/h10-11H,5-9,14H2,1-4H3,(H,15,17). The highest BCUT2D eigenvalue weighted by molar-refractivity contribution is 5.76. The maximum atomic E-state index is 11.8. The van der Waals surface area contributed by atoms with Gasteiger partial charge in [-0.15, -0.1) is 0 Å². The fourth-order valence-corrected chi connectivity index (χ4v) is 2.72. The SMILES string of the molecule is CC(C)NC(=O)CC(CN)N1CCCC1(C)C. The van der Waals surface area contributed by atoms with Crippen molar-refractivity contribution in [3.63, 3.8) is 0 Å². The molecule has 0 aromatic rings. The van der Waals surface area contributed by atoms with Crippen LogP contribution in [-0.4, -0.2) is 41.5 Å². The molecule has 0 aliphatic carbocycles. The van der Waals surface area contributed by atoms with Gasteiger partial charge < -0.3 is 11.1 Å². The quantitative estimate of drug-likeness (QED) is 0.758. The van der Waals surface area contributed by atoms with Crippen molar-refractivity contribution >= 4 is 5.91 Å². The lowest BCUT2D eigenvalue weighted by atomic mass is 9.99. The first-order chi connectivity index (χ1) is 7.86.